The third-order valence-corrected chi connectivity index (χ3v) is 1.88. The van der Waals surface area contributed by atoms with Gasteiger partial charge in [0.15, 0.2) is 0 Å². The van der Waals surface area contributed by atoms with Crippen molar-refractivity contribution < 1.29 is 14.3 Å². The first-order valence-electron chi connectivity index (χ1n) is 4.76. The molecule has 1 aromatic heterocycles. The second-order valence-corrected chi connectivity index (χ2v) is 2.91. The van der Waals surface area contributed by atoms with Gasteiger partial charge in [-0.2, -0.15) is 4.68 Å². The Morgan fingerprint density at radius 1 is 1.62 bits per heavy atom. The topological polar surface area (TPSA) is 79.1 Å². The largest absolute Gasteiger partial charge is 0.473 e. The summed E-state index contributed by atoms with van der Waals surface area (Å²) in [5, 5.41) is 10.7. The maximum Gasteiger partial charge on any atom is 0.378 e. The summed E-state index contributed by atoms with van der Waals surface area (Å²) in [6, 6.07) is 0. The van der Waals surface area contributed by atoms with Gasteiger partial charge < -0.3 is 9.47 Å². The van der Waals surface area contributed by atoms with Crippen LogP contribution in [0.5, 0.6) is 0 Å². The lowest BCUT2D eigenvalue weighted by Gasteiger charge is -2.15. The van der Waals surface area contributed by atoms with Crippen LogP contribution in [0, 0.1) is 0 Å². The molecule has 84 valence electrons. The smallest absolute Gasteiger partial charge is 0.378 e. The van der Waals surface area contributed by atoms with Gasteiger partial charge in [0.05, 0.1) is 12.9 Å². The second kappa shape index (κ2) is 4.56. The Balaban J connectivity index is 2.21. The van der Waals surface area contributed by atoms with Crippen LogP contribution in [0.4, 0.5) is 0 Å². The number of rotatable bonds is 3. The molecule has 0 fully saturated rings. The zero-order valence-electron chi connectivity index (χ0n) is 8.61. The number of hydrogen-bond acceptors (Lipinski definition) is 6. The fourth-order valence-corrected chi connectivity index (χ4v) is 1.21. The highest BCUT2D eigenvalue weighted by Crippen LogP contribution is 2.14. The monoisotopic (exact) mass is 222 g/mol. The van der Waals surface area contributed by atoms with Crippen molar-refractivity contribution in [3.63, 3.8) is 0 Å². The summed E-state index contributed by atoms with van der Waals surface area (Å²) >= 11 is 0. The van der Waals surface area contributed by atoms with Crippen molar-refractivity contribution in [3.8, 4) is 0 Å². The van der Waals surface area contributed by atoms with E-state index in [1.54, 1.807) is 25.2 Å². The van der Waals surface area contributed by atoms with Crippen LogP contribution in [0.15, 0.2) is 24.5 Å². The van der Waals surface area contributed by atoms with E-state index >= 15 is 0 Å². The van der Waals surface area contributed by atoms with Crippen LogP contribution in [0.1, 0.15) is 23.8 Å². The molecule has 1 atom stereocenters. The lowest BCUT2D eigenvalue weighted by atomic mass is 10.4. The molecule has 7 heteroatoms. The van der Waals surface area contributed by atoms with Gasteiger partial charge in [0.2, 0.25) is 6.23 Å². The van der Waals surface area contributed by atoms with Gasteiger partial charge in [-0.3, -0.25) is 0 Å². The van der Waals surface area contributed by atoms with Gasteiger partial charge in [0.25, 0.3) is 5.82 Å². The maximum atomic E-state index is 11.5. The van der Waals surface area contributed by atoms with Crippen molar-refractivity contribution >= 4 is 5.97 Å². The highest BCUT2D eigenvalue weighted by atomic mass is 16.5. The molecule has 2 heterocycles. The summed E-state index contributed by atoms with van der Waals surface area (Å²) in [4.78, 5) is 11.5. The lowest BCUT2D eigenvalue weighted by molar-refractivity contribution is 0.0465. The lowest BCUT2D eigenvalue weighted by Crippen LogP contribution is -2.19. The Morgan fingerprint density at radius 2 is 2.50 bits per heavy atom. The van der Waals surface area contributed by atoms with Crippen LogP contribution in [-0.2, 0) is 9.47 Å². The summed E-state index contributed by atoms with van der Waals surface area (Å²) in [5.74, 6) is -0.550. The number of allylic oxidation sites excluding steroid dienone is 2. The van der Waals surface area contributed by atoms with Crippen molar-refractivity contribution in [2.75, 3.05) is 6.61 Å². The van der Waals surface area contributed by atoms with Crippen molar-refractivity contribution in [2.24, 2.45) is 0 Å². The number of nitrogens with zero attached hydrogens (tertiary/aromatic N) is 4. The quantitative estimate of drug-likeness (QED) is 0.691. The number of carbonyl (C=O) groups excluding carboxylic acids is 1. The molecule has 2 rings (SSSR count). The Morgan fingerprint density at radius 3 is 3.19 bits per heavy atom. The molecule has 0 bridgehead atoms. The van der Waals surface area contributed by atoms with Gasteiger partial charge >= 0.3 is 5.97 Å². The van der Waals surface area contributed by atoms with E-state index < -0.39 is 12.2 Å². The minimum Gasteiger partial charge on any atom is -0.473 e. The average Bonchev–Trinajstić information content (AvgIpc) is 2.79. The summed E-state index contributed by atoms with van der Waals surface area (Å²) in [6.45, 7) is 1.98. The van der Waals surface area contributed by atoms with Gasteiger partial charge in [-0.05, 0) is 29.5 Å². The predicted octanol–water partition coefficient (Wildman–Crippen LogP) is 0.448. The normalized spacial score (nSPS) is 18.2. The van der Waals surface area contributed by atoms with Crippen LogP contribution in [0.3, 0.4) is 0 Å². The fourth-order valence-electron chi connectivity index (χ4n) is 1.21. The first-order valence-corrected chi connectivity index (χ1v) is 4.76. The van der Waals surface area contributed by atoms with Crippen LogP contribution in [0.25, 0.3) is 0 Å². The van der Waals surface area contributed by atoms with Gasteiger partial charge in [-0.1, -0.05) is 6.08 Å². The Hall–Kier alpha value is -2.18. The van der Waals surface area contributed by atoms with E-state index in [1.165, 1.54) is 10.9 Å². The summed E-state index contributed by atoms with van der Waals surface area (Å²) in [5.41, 5.74) is 0. The van der Waals surface area contributed by atoms with Crippen LogP contribution in [0.2, 0.25) is 0 Å². The fraction of sp³-hybridized carbons (Fsp3) is 0.333. The van der Waals surface area contributed by atoms with Crippen molar-refractivity contribution in [3.05, 3.63) is 30.3 Å². The minimum absolute atomic E-state index is 0.0202. The third kappa shape index (κ3) is 1.92. The first-order chi connectivity index (χ1) is 7.83. The molecule has 7 nitrogen and oxygen atoms in total. The maximum absolute atomic E-state index is 11.5. The molecule has 1 aliphatic heterocycles. The molecule has 0 aliphatic carbocycles. The Labute approximate surface area is 91.3 Å². The number of tetrazole rings is 1. The molecule has 16 heavy (non-hydrogen) atoms. The Kier molecular flexibility index (Phi) is 2.95. The van der Waals surface area contributed by atoms with Crippen molar-refractivity contribution in [2.45, 2.75) is 13.2 Å². The molecule has 1 unspecified atom stereocenters. The van der Waals surface area contributed by atoms with Gasteiger partial charge in [-0.25, -0.2) is 4.79 Å². The molecule has 0 spiro atoms. The van der Waals surface area contributed by atoms with Gasteiger partial charge in [-0.15, -0.1) is 5.10 Å². The highest BCUT2D eigenvalue weighted by Gasteiger charge is 2.22. The predicted molar refractivity (Wildman–Crippen MR) is 52.2 cm³/mol. The van der Waals surface area contributed by atoms with Crippen molar-refractivity contribution in [1.82, 2.24) is 20.2 Å². The number of carbonyl (C=O) groups is 1. The van der Waals surface area contributed by atoms with Gasteiger partial charge in [0, 0.05) is 0 Å². The molecule has 0 radical (unpaired) electrons. The number of hydrogen-bond donors (Lipinski definition) is 0. The number of esters is 1. The molecule has 1 aromatic rings. The summed E-state index contributed by atoms with van der Waals surface area (Å²) in [6.07, 6.45) is 6.22. The third-order valence-electron chi connectivity index (χ3n) is 1.88. The van der Waals surface area contributed by atoms with E-state index in [4.69, 9.17) is 9.47 Å². The van der Waals surface area contributed by atoms with E-state index in [2.05, 4.69) is 15.5 Å². The second-order valence-electron chi connectivity index (χ2n) is 2.91. The molecule has 0 N–H and O–H groups in total. The summed E-state index contributed by atoms with van der Waals surface area (Å²) < 4.78 is 11.3. The van der Waals surface area contributed by atoms with Crippen LogP contribution < -0.4 is 0 Å². The SMILES string of the molecule is CCOC(=O)c1nnnn1C1C=CC=CO1. The molecule has 1 aliphatic rings. The Bertz CT molecular complexity index is 438. The minimum atomic E-state index is -0.570. The van der Waals surface area contributed by atoms with Crippen LogP contribution in [-0.4, -0.2) is 32.8 Å². The average molecular weight is 222 g/mol. The summed E-state index contributed by atoms with van der Waals surface area (Å²) in [7, 11) is 0. The molecular formula is C9H10N4O3. The molecule has 0 saturated carbocycles. The van der Waals surface area contributed by atoms with E-state index in [0.717, 1.165) is 0 Å². The first kappa shape index (κ1) is 10.3. The van der Waals surface area contributed by atoms with E-state index in [0.29, 0.717) is 0 Å². The van der Waals surface area contributed by atoms with Gasteiger partial charge in [0.1, 0.15) is 0 Å². The zero-order chi connectivity index (χ0) is 11.4. The molecule has 0 saturated heterocycles. The van der Waals surface area contributed by atoms with E-state index in [-0.39, 0.29) is 12.4 Å². The van der Waals surface area contributed by atoms with Crippen molar-refractivity contribution in [1.29, 1.82) is 0 Å². The molecular weight excluding hydrogens is 212 g/mol. The number of ether oxygens (including phenoxy) is 2. The van der Waals surface area contributed by atoms with Crippen LogP contribution >= 0.6 is 0 Å². The zero-order valence-corrected chi connectivity index (χ0v) is 8.61. The number of aromatic nitrogens is 4. The molecule has 0 amide bonds. The standard InChI is InChI=1S/C9H10N4O3/c1-2-15-9(14)8-10-11-12-13(8)7-5-3-4-6-16-7/h3-7H,2H2,1H3. The molecule has 0 aromatic carbocycles. The van der Waals surface area contributed by atoms with E-state index in [9.17, 15) is 4.79 Å². The van der Waals surface area contributed by atoms with E-state index in [1.807, 2.05) is 0 Å². The highest BCUT2D eigenvalue weighted by molar-refractivity contribution is 5.85.